The van der Waals surface area contributed by atoms with Crippen molar-refractivity contribution in [1.82, 2.24) is 5.32 Å². The minimum Gasteiger partial charge on any atom is -0.383 e. The highest BCUT2D eigenvalue weighted by atomic mass is 19.1. The van der Waals surface area contributed by atoms with Crippen molar-refractivity contribution in [2.45, 2.75) is 26.2 Å². The van der Waals surface area contributed by atoms with Crippen LogP contribution in [0.3, 0.4) is 0 Å². The lowest BCUT2D eigenvalue weighted by molar-refractivity contribution is 0.198. The van der Waals surface area contributed by atoms with Crippen molar-refractivity contribution in [3.63, 3.8) is 0 Å². The van der Waals surface area contributed by atoms with E-state index in [-0.39, 0.29) is 5.82 Å². The number of rotatable bonds is 8. The Morgan fingerprint density at radius 2 is 1.94 bits per heavy atom. The average molecular weight is 253 g/mol. The Morgan fingerprint density at radius 1 is 1.28 bits per heavy atom. The molecule has 2 atom stereocenters. The first kappa shape index (κ1) is 15.1. The molecule has 0 heterocycles. The van der Waals surface area contributed by atoms with E-state index in [1.54, 1.807) is 19.2 Å². The zero-order valence-electron chi connectivity index (χ0n) is 11.6. The van der Waals surface area contributed by atoms with Crippen molar-refractivity contribution < 1.29 is 9.13 Å². The maximum absolute atomic E-state index is 13.0. The fraction of sp³-hybridized carbons (Fsp3) is 0.600. The van der Waals surface area contributed by atoms with Crippen LogP contribution in [0.2, 0.25) is 0 Å². The van der Waals surface area contributed by atoms with Gasteiger partial charge in [0.05, 0.1) is 6.61 Å². The predicted molar refractivity (Wildman–Crippen MR) is 73.3 cm³/mol. The van der Waals surface area contributed by atoms with E-state index < -0.39 is 0 Å². The molecule has 18 heavy (non-hydrogen) atoms. The molecule has 1 N–H and O–H groups in total. The van der Waals surface area contributed by atoms with Gasteiger partial charge >= 0.3 is 0 Å². The van der Waals surface area contributed by atoms with Gasteiger partial charge in [0.15, 0.2) is 0 Å². The van der Waals surface area contributed by atoms with Gasteiger partial charge in [-0.05, 0) is 29.5 Å². The summed E-state index contributed by atoms with van der Waals surface area (Å²) in [5.74, 6) is 0.826. The van der Waals surface area contributed by atoms with Gasteiger partial charge in [0, 0.05) is 20.2 Å². The van der Waals surface area contributed by atoms with Crippen LogP contribution in [0, 0.1) is 11.7 Å². The van der Waals surface area contributed by atoms with Gasteiger partial charge in [-0.2, -0.15) is 0 Å². The fourth-order valence-corrected chi connectivity index (χ4v) is 2.07. The van der Waals surface area contributed by atoms with E-state index in [1.807, 2.05) is 12.1 Å². The van der Waals surface area contributed by atoms with Crippen molar-refractivity contribution in [3.8, 4) is 0 Å². The highest BCUT2D eigenvalue weighted by Crippen LogP contribution is 2.26. The average Bonchev–Trinajstić information content (AvgIpc) is 2.39. The first-order valence-corrected chi connectivity index (χ1v) is 6.64. The molecule has 1 aromatic carbocycles. The minimum atomic E-state index is -0.172. The van der Waals surface area contributed by atoms with Crippen LogP contribution in [0.1, 0.15) is 31.7 Å². The topological polar surface area (TPSA) is 21.3 Å². The van der Waals surface area contributed by atoms with Gasteiger partial charge in [0.25, 0.3) is 0 Å². The molecule has 0 fully saturated rings. The number of benzene rings is 1. The molecular formula is C15H24FNO. The Morgan fingerprint density at radius 3 is 2.50 bits per heavy atom. The molecule has 0 saturated carbocycles. The summed E-state index contributed by atoms with van der Waals surface area (Å²) in [7, 11) is 1.70. The summed E-state index contributed by atoms with van der Waals surface area (Å²) in [6, 6.07) is 6.87. The standard InChI is InChI=1S/C15H24FNO/c1-4-12(2)15(11-17-9-10-18-3)13-5-7-14(16)8-6-13/h5-8,12,15,17H,4,9-11H2,1-3H3. The van der Waals surface area contributed by atoms with E-state index in [1.165, 1.54) is 5.56 Å². The number of hydrogen-bond acceptors (Lipinski definition) is 2. The van der Waals surface area contributed by atoms with Crippen LogP contribution in [-0.4, -0.2) is 26.8 Å². The summed E-state index contributed by atoms with van der Waals surface area (Å²) in [5.41, 5.74) is 1.20. The first-order valence-electron chi connectivity index (χ1n) is 6.64. The second-order valence-electron chi connectivity index (χ2n) is 4.74. The maximum Gasteiger partial charge on any atom is 0.123 e. The maximum atomic E-state index is 13.0. The summed E-state index contributed by atoms with van der Waals surface area (Å²) in [4.78, 5) is 0. The number of methoxy groups -OCH3 is 1. The minimum absolute atomic E-state index is 0.172. The van der Waals surface area contributed by atoms with E-state index in [0.717, 1.165) is 26.1 Å². The van der Waals surface area contributed by atoms with Crippen molar-refractivity contribution >= 4 is 0 Å². The van der Waals surface area contributed by atoms with Crippen LogP contribution in [-0.2, 0) is 4.74 Å². The number of ether oxygens (including phenoxy) is 1. The summed E-state index contributed by atoms with van der Waals surface area (Å²) in [5, 5.41) is 3.40. The van der Waals surface area contributed by atoms with Crippen LogP contribution < -0.4 is 5.32 Å². The molecule has 3 heteroatoms. The van der Waals surface area contributed by atoms with E-state index in [9.17, 15) is 4.39 Å². The number of nitrogens with one attached hydrogen (secondary N) is 1. The Hall–Kier alpha value is -0.930. The molecule has 0 bridgehead atoms. The van der Waals surface area contributed by atoms with E-state index >= 15 is 0 Å². The molecule has 1 aromatic rings. The molecule has 0 spiro atoms. The van der Waals surface area contributed by atoms with E-state index in [2.05, 4.69) is 19.2 Å². The number of halogens is 1. The molecular weight excluding hydrogens is 229 g/mol. The predicted octanol–water partition coefficient (Wildman–Crippen LogP) is 3.19. The smallest absolute Gasteiger partial charge is 0.123 e. The van der Waals surface area contributed by atoms with Gasteiger partial charge in [-0.25, -0.2) is 4.39 Å². The molecule has 2 unspecified atom stereocenters. The third-order valence-corrected chi connectivity index (χ3v) is 3.48. The third kappa shape index (κ3) is 4.75. The lowest BCUT2D eigenvalue weighted by atomic mass is 9.85. The van der Waals surface area contributed by atoms with Crippen LogP contribution in [0.25, 0.3) is 0 Å². The Kier molecular flexibility index (Phi) is 6.91. The van der Waals surface area contributed by atoms with Crippen LogP contribution in [0.15, 0.2) is 24.3 Å². The van der Waals surface area contributed by atoms with Crippen molar-refractivity contribution in [3.05, 3.63) is 35.6 Å². The van der Waals surface area contributed by atoms with Crippen molar-refractivity contribution in [1.29, 1.82) is 0 Å². The largest absolute Gasteiger partial charge is 0.383 e. The lowest BCUT2D eigenvalue weighted by Gasteiger charge is -2.24. The summed E-state index contributed by atoms with van der Waals surface area (Å²) < 4.78 is 18.0. The normalized spacial score (nSPS) is 14.4. The van der Waals surface area contributed by atoms with Gasteiger partial charge < -0.3 is 10.1 Å². The van der Waals surface area contributed by atoms with Gasteiger partial charge in [-0.15, -0.1) is 0 Å². The molecule has 2 nitrogen and oxygen atoms in total. The quantitative estimate of drug-likeness (QED) is 0.718. The molecule has 0 aromatic heterocycles. The van der Waals surface area contributed by atoms with Gasteiger partial charge in [-0.1, -0.05) is 32.4 Å². The van der Waals surface area contributed by atoms with Crippen LogP contribution >= 0.6 is 0 Å². The van der Waals surface area contributed by atoms with Gasteiger partial charge in [-0.3, -0.25) is 0 Å². The Bertz CT molecular complexity index is 326. The summed E-state index contributed by atoms with van der Waals surface area (Å²) >= 11 is 0. The molecule has 0 aliphatic carbocycles. The zero-order chi connectivity index (χ0) is 13.4. The van der Waals surface area contributed by atoms with Crippen LogP contribution in [0.5, 0.6) is 0 Å². The second-order valence-corrected chi connectivity index (χ2v) is 4.74. The highest BCUT2D eigenvalue weighted by molar-refractivity contribution is 5.21. The van der Waals surface area contributed by atoms with Gasteiger partial charge in [0.2, 0.25) is 0 Å². The van der Waals surface area contributed by atoms with E-state index in [4.69, 9.17) is 4.74 Å². The lowest BCUT2D eigenvalue weighted by Crippen LogP contribution is -2.28. The zero-order valence-corrected chi connectivity index (χ0v) is 11.6. The van der Waals surface area contributed by atoms with Crippen LogP contribution in [0.4, 0.5) is 4.39 Å². The van der Waals surface area contributed by atoms with E-state index in [0.29, 0.717) is 11.8 Å². The SMILES string of the molecule is CCC(C)C(CNCCOC)c1ccc(F)cc1. The molecule has 0 radical (unpaired) electrons. The molecule has 0 saturated heterocycles. The van der Waals surface area contributed by atoms with Crippen molar-refractivity contribution in [2.75, 3.05) is 26.8 Å². The highest BCUT2D eigenvalue weighted by Gasteiger charge is 2.17. The number of hydrogen-bond donors (Lipinski definition) is 1. The molecule has 102 valence electrons. The van der Waals surface area contributed by atoms with Crippen molar-refractivity contribution in [2.24, 2.45) is 5.92 Å². The Balaban J connectivity index is 2.63. The molecule has 0 aliphatic heterocycles. The molecule has 0 amide bonds. The Labute approximate surface area is 110 Å². The second kappa shape index (κ2) is 8.22. The van der Waals surface area contributed by atoms with Gasteiger partial charge in [0.1, 0.15) is 5.82 Å². The summed E-state index contributed by atoms with van der Waals surface area (Å²) in [6.07, 6.45) is 1.12. The first-order chi connectivity index (χ1) is 8.69. The summed E-state index contributed by atoms with van der Waals surface area (Å²) in [6.45, 7) is 6.91. The monoisotopic (exact) mass is 253 g/mol. The third-order valence-electron chi connectivity index (χ3n) is 3.48. The molecule has 1 rings (SSSR count). The molecule has 0 aliphatic rings. The fourth-order valence-electron chi connectivity index (χ4n) is 2.07.